The molecule has 0 bridgehead atoms. The highest BCUT2D eigenvalue weighted by atomic mass is 32.2. The Morgan fingerprint density at radius 1 is 0.844 bits per heavy atom. The molecule has 0 radical (unpaired) electrons. The molecule has 0 fully saturated rings. The van der Waals surface area contributed by atoms with Crippen molar-refractivity contribution in [2.45, 2.75) is 23.9 Å². The summed E-state index contributed by atoms with van der Waals surface area (Å²) < 4.78 is 71.6. The molecule has 32 heavy (non-hydrogen) atoms. The van der Waals surface area contributed by atoms with E-state index < -0.39 is 22.0 Å². The molecule has 0 atom stereocenters. The molecule has 1 aliphatic rings. The molecular formula is C24H16F3NO3S. The van der Waals surface area contributed by atoms with Crippen LogP contribution in [0, 0.1) is 0 Å². The first kappa shape index (κ1) is 20.5. The molecule has 162 valence electrons. The van der Waals surface area contributed by atoms with Crippen molar-refractivity contribution in [3.63, 3.8) is 0 Å². The van der Waals surface area contributed by atoms with Gasteiger partial charge in [0.25, 0.3) is 0 Å². The summed E-state index contributed by atoms with van der Waals surface area (Å²) in [5.41, 5.74) is 0.322. The van der Waals surface area contributed by atoms with Gasteiger partial charge in [-0.3, -0.25) is 4.28 Å². The predicted octanol–water partition coefficient (Wildman–Crippen LogP) is 5.76. The lowest BCUT2D eigenvalue weighted by Gasteiger charge is -2.14. The van der Waals surface area contributed by atoms with Crippen molar-refractivity contribution in [3.8, 4) is 0 Å². The number of aryl methyl sites for hydroxylation is 2. The molecular weight excluding hydrogens is 439 g/mol. The number of alkyl halides is 3. The van der Waals surface area contributed by atoms with Crippen LogP contribution in [0.5, 0.6) is 0 Å². The number of fused-ring (bicyclic) bond motifs is 1. The van der Waals surface area contributed by atoms with Crippen molar-refractivity contribution in [3.05, 3.63) is 89.5 Å². The van der Waals surface area contributed by atoms with E-state index in [1.165, 1.54) is 18.2 Å². The molecule has 5 rings (SSSR count). The summed E-state index contributed by atoms with van der Waals surface area (Å²) in [6.45, 7) is 0. The SMILES string of the molecule is O=S(=O)(O/N=C(/c1ccc2c3c(cccc13)CC2)C(F)(F)F)c1ccc2ccccc2c1. The van der Waals surface area contributed by atoms with Crippen molar-refractivity contribution in [1.29, 1.82) is 0 Å². The van der Waals surface area contributed by atoms with Gasteiger partial charge in [-0.05, 0) is 57.6 Å². The summed E-state index contributed by atoms with van der Waals surface area (Å²) in [6.07, 6.45) is -3.42. The Kier molecular flexibility index (Phi) is 4.70. The Morgan fingerprint density at radius 2 is 1.56 bits per heavy atom. The average molecular weight is 455 g/mol. The highest BCUT2D eigenvalue weighted by molar-refractivity contribution is 7.86. The highest BCUT2D eigenvalue weighted by Crippen LogP contribution is 2.35. The van der Waals surface area contributed by atoms with Gasteiger partial charge in [-0.15, -0.1) is 0 Å². The predicted molar refractivity (Wildman–Crippen MR) is 116 cm³/mol. The average Bonchev–Trinajstić information content (AvgIpc) is 3.19. The third-order valence-corrected chi connectivity index (χ3v) is 6.74. The summed E-state index contributed by atoms with van der Waals surface area (Å²) in [5.74, 6) is 0. The summed E-state index contributed by atoms with van der Waals surface area (Å²) >= 11 is 0. The lowest BCUT2D eigenvalue weighted by molar-refractivity contribution is -0.0596. The lowest BCUT2D eigenvalue weighted by atomic mass is 9.97. The van der Waals surface area contributed by atoms with Crippen LogP contribution >= 0.6 is 0 Å². The first-order valence-electron chi connectivity index (χ1n) is 9.85. The van der Waals surface area contributed by atoms with Crippen LogP contribution in [0.15, 0.2) is 82.8 Å². The van der Waals surface area contributed by atoms with E-state index in [-0.39, 0.29) is 10.5 Å². The number of oxime groups is 1. The molecule has 0 aromatic heterocycles. The number of hydrogen-bond donors (Lipinski definition) is 0. The monoisotopic (exact) mass is 455 g/mol. The lowest BCUT2D eigenvalue weighted by Crippen LogP contribution is -2.25. The van der Waals surface area contributed by atoms with Crippen LogP contribution in [0.25, 0.3) is 21.5 Å². The van der Waals surface area contributed by atoms with E-state index in [0.29, 0.717) is 10.8 Å². The fourth-order valence-corrected chi connectivity index (χ4v) is 4.92. The number of benzene rings is 4. The Balaban J connectivity index is 1.59. The molecule has 8 heteroatoms. The van der Waals surface area contributed by atoms with E-state index in [1.807, 2.05) is 6.07 Å². The molecule has 0 heterocycles. The van der Waals surface area contributed by atoms with Crippen molar-refractivity contribution < 1.29 is 25.9 Å². The van der Waals surface area contributed by atoms with Crippen molar-refractivity contribution >= 4 is 37.4 Å². The summed E-state index contributed by atoms with van der Waals surface area (Å²) in [7, 11) is -4.56. The molecule has 0 amide bonds. The minimum atomic E-state index is -4.92. The zero-order valence-electron chi connectivity index (χ0n) is 16.6. The van der Waals surface area contributed by atoms with Gasteiger partial charge in [0.1, 0.15) is 4.90 Å². The van der Waals surface area contributed by atoms with Gasteiger partial charge in [-0.1, -0.05) is 65.8 Å². The summed E-state index contributed by atoms with van der Waals surface area (Å²) in [6, 6.07) is 19.3. The second-order valence-corrected chi connectivity index (χ2v) is 9.12. The van der Waals surface area contributed by atoms with Gasteiger partial charge in [-0.2, -0.15) is 21.6 Å². The maximum Gasteiger partial charge on any atom is 0.437 e. The molecule has 0 N–H and O–H groups in total. The van der Waals surface area contributed by atoms with Crippen LogP contribution in [0.4, 0.5) is 13.2 Å². The maximum absolute atomic E-state index is 13.9. The quantitative estimate of drug-likeness (QED) is 0.290. The van der Waals surface area contributed by atoms with E-state index in [0.717, 1.165) is 34.7 Å². The number of nitrogens with zero attached hydrogens (tertiary/aromatic N) is 1. The second-order valence-electron chi connectivity index (χ2n) is 7.59. The summed E-state index contributed by atoms with van der Waals surface area (Å²) in [5, 5.41) is 5.67. The maximum atomic E-state index is 13.9. The fourth-order valence-electron chi connectivity index (χ4n) is 4.16. The van der Waals surface area contributed by atoms with Gasteiger partial charge < -0.3 is 0 Å². The molecule has 0 unspecified atom stereocenters. The number of halogens is 3. The Bertz CT molecular complexity index is 1500. The minimum absolute atomic E-state index is 0.214. The van der Waals surface area contributed by atoms with Gasteiger partial charge in [0.2, 0.25) is 0 Å². The highest BCUT2D eigenvalue weighted by Gasteiger charge is 2.40. The van der Waals surface area contributed by atoms with Crippen LogP contribution < -0.4 is 0 Å². The van der Waals surface area contributed by atoms with Crippen LogP contribution in [-0.4, -0.2) is 20.3 Å². The van der Waals surface area contributed by atoms with Crippen LogP contribution in [-0.2, 0) is 27.2 Å². The Hall–Kier alpha value is -3.39. The zero-order chi connectivity index (χ0) is 22.5. The van der Waals surface area contributed by atoms with E-state index in [2.05, 4.69) is 9.44 Å². The van der Waals surface area contributed by atoms with Gasteiger partial charge in [0, 0.05) is 5.56 Å². The fraction of sp³-hybridized carbons (Fsp3) is 0.125. The van der Waals surface area contributed by atoms with Crippen molar-refractivity contribution in [2.75, 3.05) is 0 Å². The van der Waals surface area contributed by atoms with Gasteiger partial charge in [0.05, 0.1) is 0 Å². The van der Waals surface area contributed by atoms with Crippen LogP contribution in [0.2, 0.25) is 0 Å². The van der Waals surface area contributed by atoms with Gasteiger partial charge in [-0.25, -0.2) is 0 Å². The first-order chi connectivity index (χ1) is 15.2. The normalized spacial score (nSPS) is 14.3. The molecule has 4 aromatic rings. The minimum Gasteiger partial charge on any atom is -0.264 e. The Morgan fingerprint density at radius 3 is 2.31 bits per heavy atom. The molecule has 4 aromatic carbocycles. The molecule has 0 spiro atoms. The molecule has 0 saturated heterocycles. The molecule has 0 saturated carbocycles. The second kappa shape index (κ2) is 7.34. The Labute approximate surface area is 182 Å². The van der Waals surface area contributed by atoms with Crippen LogP contribution in [0.3, 0.4) is 0 Å². The summed E-state index contributed by atoms with van der Waals surface area (Å²) in [4.78, 5) is -0.276. The molecule has 1 aliphatic carbocycles. The zero-order valence-corrected chi connectivity index (χ0v) is 17.4. The standard InChI is InChI=1S/C24H16F3NO3S/c25-24(26,27)23(21-13-11-17-9-8-16-6-3-7-20(21)22(16)17)28-31-32(29,30)19-12-10-15-4-1-2-5-18(15)14-19/h1-7,10-14H,8-9H2/b28-23-. The number of hydrogen-bond acceptors (Lipinski definition) is 4. The third kappa shape index (κ3) is 3.50. The molecule has 0 aliphatic heterocycles. The van der Waals surface area contributed by atoms with E-state index in [4.69, 9.17) is 0 Å². The van der Waals surface area contributed by atoms with Crippen molar-refractivity contribution in [2.24, 2.45) is 5.16 Å². The smallest absolute Gasteiger partial charge is 0.264 e. The van der Waals surface area contributed by atoms with Gasteiger partial charge >= 0.3 is 16.3 Å². The largest absolute Gasteiger partial charge is 0.437 e. The van der Waals surface area contributed by atoms with Crippen molar-refractivity contribution in [1.82, 2.24) is 0 Å². The number of rotatable bonds is 4. The first-order valence-corrected chi connectivity index (χ1v) is 11.3. The van der Waals surface area contributed by atoms with Gasteiger partial charge in [0.15, 0.2) is 5.71 Å². The topological polar surface area (TPSA) is 55.7 Å². The molecule has 4 nitrogen and oxygen atoms in total. The van der Waals surface area contributed by atoms with E-state index >= 15 is 0 Å². The van der Waals surface area contributed by atoms with E-state index in [1.54, 1.807) is 48.5 Å². The van der Waals surface area contributed by atoms with Crippen LogP contribution in [0.1, 0.15) is 16.7 Å². The van der Waals surface area contributed by atoms with E-state index in [9.17, 15) is 21.6 Å². The third-order valence-electron chi connectivity index (χ3n) is 5.64.